The molecule has 2 aromatic rings. The summed E-state index contributed by atoms with van der Waals surface area (Å²) in [5.41, 5.74) is 1.79. The van der Waals surface area contributed by atoms with Gasteiger partial charge in [0.25, 0.3) is 0 Å². The van der Waals surface area contributed by atoms with Crippen molar-refractivity contribution in [2.24, 2.45) is 17.3 Å². The second-order valence-electron chi connectivity index (χ2n) is 14.0. The average Bonchev–Trinajstić information content (AvgIpc) is 3.61. The van der Waals surface area contributed by atoms with Crippen molar-refractivity contribution < 1.29 is 28.6 Å². The Kier molecular flexibility index (Phi) is 9.47. The summed E-state index contributed by atoms with van der Waals surface area (Å²) < 4.78 is 18.1. The molecule has 0 radical (unpaired) electrons. The summed E-state index contributed by atoms with van der Waals surface area (Å²) in [6.45, 7) is 4.25. The first-order valence-electron chi connectivity index (χ1n) is 17.0. The highest BCUT2D eigenvalue weighted by atomic mass is 16.6. The number of aldehydes is 1. The Morgan fingerprint density at radius 3 is 2.51 bits per heavy atom. The van der Waals surface area contributed by atoms with E-state index in [9.17, 15) is 14.4 Å². The zero-order chi connectivity index (χ0) is 31.6. The van der Waals surface area contributed by atoms with Crippen molar-refractivity contribution in [2.45, 2.75) is 122 Å². The lowest BCUT2D eigenvalue weighted by Crippen LogP contribution is -2.58. The van der Waals surface area contributed by atoms with Gasteiger partial charge in [0.05, 0.1) is 30.7 Å². The largest absolute Gasteiger partial charge is 0.497 e. The molecule has 2 bridgehead atoms. The van der Waals surface area contributed by atoms with Crippen LogP contribution < -0.4 is 14.8 Å². The number of nitrogens with zero attached hydrogens (tertiary/aromatic N) is 3. The molecule has 1 aromatic heterocycles. The summed E-state index contributed by atoms with van der Waals surface area (Å²) in [6, 6.07) is 4.16. The van der Waals surface area contributed by atoms with Gasteiger partial charge in [-0.25, -0.2) is 14.8 Å². The van der Waals surface area contributed by atoms with Gasteiger partial charge in [0.2, 0.25) is 11.8 Å². The van der Waals surface area contributed by atoms with E-state index < -0.39 is 29.7 Å². The molecule has 10 nitrogen and oxygen atoms in total. The molecule has 3 fully saturated rings. The standard InChI is InChI=1S/C35H48N4O6/c1-22-28(21-40)39-20-30(22)44-32-26(36-25-16-15-24(43-3)19-27(25)37-32)13-7-4-6-11-23-12-10-14-29(23)45-34(42)38-31(33(39)41)35(2)17-8-5-9-18-35/h15-16,19,21-23,28-31H,4-14,17-18,20H2,1-3H3,(H,38,42)/t22-,23+,28+,29+,30-,31+/m0/s1. The molecular weight excluding hydrogens is 572 g/mol. The average molecular weight is 621 g/mol. The Morgan fingerprint density at radius 2 is 1.73 bits per heavy atom. The molecule has 45 heavy (non-hydrogen) atoms. The molecule has 0 unspecified atom stereocenters. The number of carbonyl (C=O) groups is 3. The number of methoxy groups -OCH3 is 1. The number of nitrogens with one attached hydrogen (secondary N) is 1. The Bertz CT molecular complexity index is 1390. The maximum absolute atomic E-state index is 14.5. The van der Waals surface area contributed by atoms with E-state index in [-0.39, 0.29) is 24.5 Å². The van der Waals surface area contributed by atoms with Gasteiger partial charge in [-0.15, -0.1) is 0 Å². The zero-order valence-electron chi connectivity index (χ0n) is 27.0. The summed E-state index contributed by atoms with van der Waals surface area (Å²) in [6.07, 6.45) is 12.1. The third-order valence-corrected chi connectivity index (χ3v) is 11.0. The zero-order valence-corrected chi connectivity index (χ0v) is 27.0. The Morgan fingerprint density at radius 1 is 0.956 bits per heavy atom. The molecule has 2 saturated carbocycles. The van der Waals surface area contributed by atoms with Gasteiger partial charge in [0, 0.05) is 12.0 Å². The monoisotopic (exact) mass is 620 g/mol. The number of fused-ring (bicyclic) bond motifs is 5. The van der Waals surface area contributed by atoms with E-state index in [0.717, 1.165) is 94.5 Å². The van der Waals surface area contributed by atoms with Crippen LogP contribution in [0.1, 0.15) is 96.6 Å². The third-order valence-electron chi connectivity index (χ3n) is 11.0. The van der Waals surface area contributed by atoms with Crippen LogP contribution in [0.3, 0.4) is 0 Å². The van der Waals surface area contributed by atoms with Gasteiger partial charge >= 0.3 is 6.09 Å². The van der Waals surface area contributed by atoms with Crippen LogP contribution in [-0.2, 0) is 20.7 Å². The minimum atomic E-state index is -0.791. The van der Waals surface area contributed by atoms with Crippen LogP contribution in [0.25, 0.3) is 11.0 Å². The van der Waals surface area contributed by atoms with Crippen molar-refractivity contribution in [1.29, 1.82) is 0 Å². The molecule has 0 spiro atoms. The molecule has 3 heterocycles. The lowest BCUT2D eigenvalue weighted by molar-refractivity contribution is -0.140. The van der Waals surface area contributed by atoms with E-state index in [1.54, 1.807) is 12.0 Å². The fraction of sp³-hybridized carbons (Fsp3) is 0.686. The van der Waals surface area contributed by atoms with Gasteiger partial charge in [-0.1, -0.05) is 46.0 Å². The Balaban J connectivity index is 1.36. The van der Waals surface area contributed by atoms with Crippen molar-refractivity contribution >= 4 is 29.3 Å². The number of aryl methyl sites for hydroxylation is 1. The SMILES string of the molecule is COc1ccc2nc3c(nc2c1)O[C@H]1CN(C(=O)[C@H](C2(C)CCCCC2)NC(=O)O[C@@H]2CCC[C@H]2CCCCC3)[C@H](C=O)[C@@H]1C. The first-order valence-corrected chi connectivity index (χ1v) is 17.0. The second kappa shape index (κ2) is 13.5. The van der Waals surface area contributed by atoms with E-state index in [4.69, 9.17) is 24.2 Å². The smallest absolute Gasteiger partial charge is 0.408 e. The predicted molar refractivity (Wildman–Crippen MR) is 169 cm³/mol. The molecule has 2 aliphatic carbocycles. The summed E-state index contributed by atoms with van der Waals surface area (Å²) in [4.78, 5) is 52.0. The summed E-state index contributed by atoms with van der Waals surface area (Å²) >= 11 is 0. The van der Waals surface area contributed by atoms with Crippen molar-refractivity contribution in [3.63, 3.8) is 0 Å². The summed E-state index contributed by atoms with van der Waals surface area (Å²) in [7, 11) is 1.62. The lowest BCUT2D eigenvalue weighted by atomic mass is 9.70. The topological polar surface area (TPSA) is 120 Å². The highest BCUT2D eigenvalue weighted by Crippen LogP contribution is 2.41. The van der Waals surface area contributed by atoms with Crippen molar-refractivity contribution in [2.75, 3.05) is 13.7 Å². The first kappa shape index (κ1) is 31.5. The first-order chi connectivity index (χ1) is 21.8. The van der Waals surface area contributed by atoms with Gasteiger partial charge in [-0.05, 0) is 74.8 Å². The molecule has 2 amide bonds. The van der Waals surface area contributed by atoms with E-state index in [1.807, 2.05) is 25.1 Å². The van der Waals surface area contributed by atoms with Crippen LogP contribution in [0, 0.1) is 17.3 Å². The highest BCUT2D eigenvalue weighted by Gasteiger charge is 2.50. The van der Waals surface area contributed by atoms with E-state index in [1.165, 1.54) is 0 Å². The number of rotatable bonds is 3. The van der Waals surface area contributed by atoms with Crippen LogP contribution in [0.4, 0.5) is 4.79 Å². The lowest BCUT2D eigenvalue weighted by Gasteiger charge is -2.42. The van der Waals surface area contributed by atoms with Gasteiger partial charge in [-0.2, -0.15) is 0 Å². The van der Waals surface area contributed by atoms with E-state index >= 15 is 0 Å². The van der Waals surface area contributed by atoms with Gasteiger partial charge < -0.3 is 29.2 Å². The fourth-order valence-electron chi connectivity index (χ4n) is 8.15. The number of carbonyl (C=O) groups excluding carboxylic acids is 3. The van der Waals surface area contributed by atoms with Crippen LogP contribution in [0.2, 0.25) is 0 Å². The molecule has 244 valence electrons. The third kappa shape index (κ3) is 6.61. The molecule has 6 rings (SSSR count). The molecular formula is C35H48N4O6. The van der Waals surface area contributed by atoms with E-state index in [2.05, 4.69) is 12.2 Å². The van der Waals surface area contributed by atoms with Crippen LogP contribution in [-0.4, -0.2) is 71.1 Å². The number of hydrogen-bond donors (Lipinski definition) is 1. The Hall–Kier alpha value is -3.43. The molecule has 2 aliphatic heterocycles. The van der Waals surface area contributed by atoms with Gasteiger partial charge in [0.1, 0.15) is 36.0 Å². The molecule has 4 aliphatic rings. The van der Waals surface area contributed by atoms with Crippen molar-refractivity contribution in [3.05, 3.63) is 23.9 Å². The highest BCUT2D eigenvalue weighted by molar-refractivity contribution is 5.89. The maximum atomic E-state index is 14.5. The molecule has 1 N–H and O–H groups in total. The van der Waals surface area contributed by atoms with E-state index in [0.29, 0.717) is 29.5 Å². The minimum absolute atomic E-state index is 0.138. The molecule has 1 aromatic carbocycles. The van der Waals surface area contributed by atoms with Gasteiger partial charge in [0.15, 0.2) is 0 Å². The fourth-order valence-corrected chi connectivity index (χ4v) is 8.15. The number of benzene rings is 1. The number of hydrogen-bond acceptors (Lipinski definition) is 8. The number of amides is 2. The van der Waals surface area contributed by atoms with Crippen molar-refractivity contribution in [3.8, 4) is 11.6 Å². The molecule has 10 heteroatoms. The predicted octanol–water partition coefficient (Wildman–Crippen LogP) is 5.78. The van der Waals surface area contributed by atoms with Crippen LogP contribution in [0.15, 0.2) is 18.2 Å². The van der Waals surface area contributed by atoms with Crippen LogP contribution >= 0.6 is 0 Å². The van der Waals surface area contributed by atoms with Gasteiger partial charge in [-0.3, -0.25) is 4.79 Å². The van der Waals surface area contributed by atoms with Crippen molar-refractivity contribution in [1.82, 2.24) is 20.2 Å². The summed E-state index contributed by atoms with van der Waals surface area (Å²) in [5, 5.41) is 3.04. The second-order valence-corrected chi connectivity index (χ2v) is 14.0. The number of alkyl carbamates (subject to hydrolysis) is 1. The summed E-state index contributed by atoms with van der Waals surface area (Å²) in [5.74, 6) is 0.923. The quantitative estimate of drug-likeness (QED) is 0.429. The molecule has 6 atom stereocenters. The number of aromatic nitrogens is 2. The normalized spacial score (nSPS) is 31.0. The van der Waals surface area contributed by atoms with Crippen LogP contribution in [0.5, 0.6) is 11.6 Å². The molecule has 1 saturated heterocycles. The maximum Gasteiger partial charge on any atom is 0.408 e. The minimum Gasteiger partial charge on any atom is -0.497 e. The number of ether oxygens (including phenoxy) is 3. The Labute approximate surface area is 266 Å².